The van der Waals surface area contributed by atoms with E-state index in [1.54, 1.807) is 13.4 Å². The minimum Gasteiger partial charge on any atom is -0.494 e. The minimum atomic E-state index is 0.600. The lowest BCUT2D eigenvalue weighted by Crippen LogP contribution is -2.09. The van der Waals surface area contributed by atoms with Gasteiger partial charge in [0.2, 0.25) is 0 Å². The van der Waals surface area contributed by atoms with Crippen LogP contribution in [0.15, 0.2) is 67.1 Å². The zero-order valence-electron chi connectivity index (χ0n) is 16.6. The quantitative estimate of drug-likeness (QED) is 0.449. The van der Waals surface area contributed by atoms with Gasteiger partial charge in [0, 0.05) is 31.5 Å². The van der Waals surface area contributed by atoms with Crippen LogP contribution in [0.1, 0.15) is 6.92 Å². The Bertz CT molecular complexity index is 1090. The highest BCUT2D eigenvalue weighted by Crippen LogP contribution is 2.35. The number of hydrogen-bond acceptors (Lipinski definition) is 5. The van der Waals surface area contributed by atoms with Crippen LogP contribution in [0.2, 0.25) is 0 Å². The van der Waals surface area contributed by atoms with Gasteiger partial charge in [-0.1, -0.05) is 36.4 Å². The van der Waals surface area contributed by atoms with Crippen LogP contribution in [0.5, 0.6) is 5.75 Å². The second kappa shape index (κ2) is 8.75. The average Bonchev–Trinajstić information content (AvgIpc) is 3.16. The molecule has 4 aromatic rings. The molecule has 0 atom stereocenters. The van der Waals surface area contributed by atoms with Crippen LogP contribution in [-0.2, 0) is 4.74 Å². The first-order valence-corrected chi connectivity index (χ1v) is 9.69. The van der Waals surface area contributed by atoms with Crippen LogP contribution in [0.4, 0.5) is 5.82 Å². The Hall–Kier alpha value is -3.38. The van der Waals surface area contributed by atoms with Gasteiger partial charge in [-0.3, -0.25) is 0 Å². The second-order valence-electron chi connectivity index (χ2n) is 6.55. The summed E-state index contributed by atoms with van der Waals surface area (Å²) in [6.45, 7) is 3.88. The molecule has 0 unspecified atom stereocenters. The molecule has 0 fully saturated rings. The molecule has 2 heterocycles. The first kappa shape index (κ1) is 19.0. The summed E-state index contributed by atoms with van der Waals surface area (Å²) in [7, 11) is 1.69. The van der Waals surface area contributed by atoms with Crippen LogP contribution in [0.25, 0.3) is 27.8 Å². The van der Waals surface area contributed by atoms with Crippen LogP contribution in [-0.4, -0.2) is 41.4 Å². The molecule has 0 amide bonds. The predicted octanol–water partition coefficient (Wildman–Crippen LogP) is 4.54. The molecule has 2 aromatic heterocycles. The Labute approximate surface area is 170 Å². The first-order chi connectivity index (χ1) is 14.3. The third-order valence-corrected chi connectivity index (χ3v) is 4.67. The lowest BCUT2D eigenvalue weighted by molar-refractivity contribution is 0.210. The summed E-state index contributed by atoms with van der Waals surface area (Å²) >= 11 is 0. The highest BCUT2D eigenvalue weighted by molar-refractivity contribution is 6.02. The molecule has 4 rings (SSSR count). The molecule has 6 heteroatoms. The van der Waals surface area contributed by atoms with E-state index in [1.165, 1.54) is 0 Å². The first-order valence-electron chi connectivity index (χ1n) is 9.69. The summed E-state index contributed by atoms with van der Waals surface area (Å²) in [5.41, 5.74) is 4.02. The van der Waals surface area contributed by atoms with Crippen molar-refractivity contribution in [1.29, 1.82) is 0 Å². The number of ether oxygens (including phenoxy) is 2. The average molecular weight is 388 g/mol. The molecule has 0 bridgehead atoms. The van der Waals surface area contributed by atoms with E-state index in [0.717, 1.165) is 39.4 Å². The van der Waals surface area contributed by atoms with E-state index in [2.05, 4.69) is 44.2 Å². The number of rotatable bonds is 8. The van der Waals surface area contributed by atoms with Gasteiger partial charge in [0.15, 0.2) is 5.65 Å². The topological polar surface area (TPSA) is 61.2 Å². The third kappa shape index (κ3) is 3.93. The summed E-state index contributed by atoms with van der Waals surface area (Å²) in [6, 6.07) is 18.3. The Morgan fingerprint density at radius 3 is 2.69 bits per heavy atom. The van der Waals surface area contributed by atoms with E-state index in [-0.39, 0.29) is 0 Å². The van der Waals surface area contributed by atoms with Crippen molar-refractivity contribution in [3.8, 4) is 22.6 Å². The SMILES string of the molecule is CCOc1cccc(-n2cc(-c3ccccc3)c3c(NCCOC)ncnc32)c1. The second-order valence-corrected chi connectivity index (χ2v) is 6.55. The van der Waals surface area contributed by atoms with Gasteiger partial charge in [0.05, 0.1) is 24.3 Å². The lowest BCUT2D eigenvalue weighted by Gasteiger charge is -2.09. The number of anilines is 1. The maximum absolute atomic E-state index is 5.69. The van der Waals surface area contributed by atoms with E-state index in [1.807, 2.05) is 43.3 Å². The number of aromatic nitrogens is 3. The highest BCUT2D eigenvalue weighted by atomic mass is 16.5. The maximum Gasteiger partial charge on any atom is 0.150 e. The molecule has 0 radical (unpaired) electrons. The van der Waals surface area contributed by atoms with Crippen LogP contribution >= 0.6 is 0 Å². The summed E-state index contributed by atoms with van der Waals surface area (Å²) in [6.07, 6.45) is 3.70. The largest absolute Gasteiger partial charge is 0.494 e. The van der Waals surface area contributed by atoms with E-state index < -0.39 is 0 Å². The van der Waals surface area contributed by atoms with Crippen LogP contribution < -0.4 is 10.1 Å². The molecule has 0 saturated heterocycles. The fourth-order valence-corrected chi connectivity index (χ4v) is 3.39. The minimum absolute atomic E-state index is 0.600. The van der Waals surface area contributed by atoms with Gasteiger partial charge in [-0.05, 0) is 24.6 Å². The van der Waals surface area contributed by atoms with Crippen molar-refractivity contribution < 1.29 is 9.47 Å². The Balaban J connectivity index is 1.90. The number of hydrogen-bond donors (Lipinski definition) is 1. The number of nitrogens with zero attached hydrogens (tertiary/aromatic N) is 3. The van der Waals surface area contributed by atoms with E-state index in [0.29, 0.717) is 19.8 Å². The van der Waals surface area contributed by atoms with Crippen LogP contribution in [0.3, 0.4) is 0 Å². The summed E-state index contributed by atoms with van der Waals surface area (Å²) in [5.74, 6) is 1.63. The summed E-state index contributed by atoms with van der Waals surface area (Å²) in [4.78, 5) is 9.11. The Morgan fingerprint density at radius 1 is 1.03 bits per heavy atom. The summed E-state index contributed by atoms with van der Waals surface area (Å²) < 4.78 is 13.0. The molecular formula is C23H24N4O2. The molecule has 0 aliphatic rings. The van der Waals surface area contributed by atoms with E-state index in [9.17, 15) is 0 Å². The number of methoxy groups -OCH3 is 1. The number of fused-ring (bicyclic) bond motifs is 1. The van der Waals surface area contributed by atoms with Gasteiger partial charge in [-0.25, -0.2) is 9.97 Å². The van der Waals surface area contributed by atoms with Gasteiger partial charge in [-0.15, -0.1) is 0 Å². The third-order valence-electron chi connectivity index (χ3n) is 4.67. The highest BCUT2D eigenvalue weighted by Gasteiger charge is 2.17. The van der Waals surface area contributed by atoms with E-state index >= 15 is 0 Å². The maximum atomic E-state index is 5.69. The Morgan fingerprint density at radius 2 is 1.90 bits per heavy atom. The Kier molecular flexibility index (Phi) is 5.72. The van der Waals surface area contributed by atoms with Crippen molar-refractivity contribution in [3.05, 3.63) is 67.1 Å². The van der Waals surface area contributed by atoms with Crippen molar-refractivity contribution in [2.45, 2.75) is 6.92 Å². The van der Waals surface area contributed by atoms with Crippen LogP contribution in [0, 0.1) is 0 Å². The molecule has 2 aromatic carbocycles. The van der Waals surface area contributed by atoms with Crippen molar-refractivity contribution in [2.24, 2.45) is 0 Å². The predicted molar refractivity (Wildman–Crippen MR) is 116 cm³/mol. The fraction of sp³-hybridized carbons (Fsp3) is 0.217. The zero-order valence-corrected chi connectivity index (χ0v) is 16.6. The van der Waals surface area contributed by atoms with Crippen molar-refractivity contribution >= 4 is 16.9 Å². The molecule has 6 nitrogen and oxygen atoms in total. The number of nitrogens with one attached hydrogen (secondary N) is 1. The van der Waals surface area contributed by atoms with Crippen molar-refractivity contribution in [3.63, 3.8) is 0 Å². The smallest absolute Gasteiger partial charge is 0.150 e. The standard InChI is InChI=1S/C23H24N4O2/c1-3-29-19-11-7-10-18(14-19)27-15-20(17-8-5-4-6-9-17)21-22(24-12-13-28-2)25-16-26-23(21)27/h4-11,14-16H,3,12-13H2,1-2H3,(H,24,25,26). The molecule has 0 aliphatic carbocycles. The number of benzene rings is 2. The van der Waals surface area contributed by atoms with Gasteiger partial charge in [0.1, 0.15) is 17.9 Å². The zero-order chi connectivity index (χ0) is 20.1. The fourth-order valence-electron chi connectivity index (χ4n) is 3.39. The molecular weight excluding hydrogens is 364 g/mol. The molecule has 148 valence electrons. The normalized spacial score (nSPS) is 11.0. The molecule has 1 N–H and O–H groups in total. The summed E-state index contributed by atoms with van der Waals surface area (Å²) in [5, 5.41) is 4.36. The molecule has 0 spiro atoms. The molecule has 0 aliphatic heterocycles. The van der Waals surface area contributed by atoms with Gasteiger partial charge < -0.3 is 19.4 Å². The molecule has 29 heavy (non-hydrogen) atoms. The monoisotopic (exact) mass is 388 g/mol. The lowest BCUT2D eigenvalue weighted by atomic mass is 10.1. The molecule has 0 saturated carbocycles. The van der Waals surface area contributed by atoms with Gasteiger partial charge in [-0.2, -0.15) is 0 Å². The van der Waals surface area contributed by atoms with Crippen molar-refractivity contribution in [1.82, 2.24) is 14.5 Å². The van der Waals surface area contributed by atoms with Gasteiger partial charge >= 0.3 is 0 Å². The van der Waals surface area contributed by atoms with Gasteiger partial charge in [0.25, 0.3) is 0 Å². The van der Waals surface area contributed by atoms with Crippen molar-refractivity contribution in [2.75, 3.05) is 32.2 Å². The van der Waals surface area contributed by atoms with E-state index in [4.69, 9.17) is 9.47 Å².